The Balaban J connectivity index is 1.72. The molecule has 3 rings (SSSR count). The van der Waals surface area contributed by atoms with E-state index in [4.69, 9.17) is 0 Å². The van der Waals surface area contributed by atoms with Crippen molar-refractivity contribution in [3.05, 3.63) is 95.1 Å². The second-order valence-electron chi connectivity index (χ2n) is 7.31. The van der Waals surface area contributed by atoms with Crippen LogP contribution in [0.1, 0.15) is 33.2 Å². The summed E-state index contributed by atoms with van der Waals surface area (Å²) in [5.74, 6) is -0.745. The number of hydrogen-bond acceptors (Lipinski definition) is 4. The van der Waals surface area contributed by atoms with Gasteiger partial charge in [0, 0.05) is 17.8 Å². The van der Waals surface area contributed by atoms with Crippen LogP contribution in [-0.4, -0.2) is 26.0 Å². The first-order valence-corrected chi connectivity index (χ1v) is 11.3. The van der Waals surface area contributed by atoms with Crippen LogP contribution in [0.5, 0.6) is 0 Å². The molecule has 0 heterocycles. The summed E-state index contributed by atoms with van der Waals surface area (Å²) in [6.07, 6.45) is -6.27. The molecule has 0 fully saturated rings. The Kier molecular flexibility index (Phi) is 7.09. The van der Waals surface area contributed by atoms with Crippen LogP contribution in [-0.2, 0) is 16.2 Å². The summed E-state index contributed by atoms with van der Waals surface area (Å²) in [5, 5.41) is 12.5. The molecule has 0 aliphatic rings. The standard InChI is InChI=1S/C23H21F3N2O4S/c1-15-9-11-17(12-10-15)28-33(31,32)18-6-4-5-16(13-18)22(30)27-14-21(29)19-7-2-3-8-20(19)23(24,25)26/h2-13,21,28-29H,14H2,1H3,(H,27,30). The third-order valence-corrected chi connectivity index (χ3v) is 6.17. The molecule has 33 heavy (non-hydrogen) atoms. The molecule has 174 valence electrons. The summed E-state index contributed by atoms with van der Waals surface area (Å²) in [6.45, 7) is 1.36. The van der Waals surface area contributed by atoms with Gasteiger partial charge in [0.15, 0.2) is 0 Å². The summed E-state index contributed by atoms with van der Waals surface area (Å²) in [6, 6.07) is 16.4. The van der Waals surface area contributed by atoms with Crippen molar-refractivity contribution in [1.29, 1.82) is 0 Å². The lowest BCUT2D eigenvalue weighted by molar-refractivity contribution is -0.139. The van der Waals surface area contributed by atoms with Crippen LogP contribution in [0.15, 0.2) is 77.7 Å². The lowest BCUT2D eigenvalue weighted by atomic mass is 10.0. The number of carbonyl (C=O) groups is 1. The molecule has 6 nitrogen and oxygen atoms in total. The fourth-order valence-electron chi connectivity index (χ4n) is 3.09. The molecule has 3 N–H and O–H groups in total. The van der Waals surface area contributed by atoms with Crippen molar-refractivity contribution in [2.24, 2.45) is 0 Å². The van der Waals surface area contributed by atoms with E-state index in [9.17, 15) is 31.5 Å². The monoisotopic (exact) mass is 478 g/mol. The van der Waals surface area contributed by atoms with Gasteiger partial charge in [0.1, 0.15) is 0 Å². The third-order valence-electron chi connectivity index (χ3n) is 4.79. The van der Waals surface area contributed by atoms with E-state index < -0.39 is 40.3 Å². The molecule has 10 heteroatoms. The maximum Gasteiger partial charge on any atom is 0.416 e. The Bertz CT molecular complexity index is 1240. The van der Waals surface area contributed by atoms with Crippen LogP contribution >= 0.6 is 0 Å². The summed E-state index contributed by atoms with van der Waals surface area (Å²) in [4.78, 5) is 12.3. The Morgan fingerprint density at radius 2 is 1.67 bits per heavy atom. The number of hydrogen-bond donors (Lipinski definition) is 3. The molecule has 0 spiro atoms. The normalized spacial score (nSPS) is 12.8. The molecule has 1 amide bonds. The van der Waals surface area contributed by atoms with Crippen molar-refractivity contribution in [1.82, 2.24) is 5.32 Å². The maximum absolute atomic E-state index is 13.1. The van der Waals surface area contributed by atoms with Gasteiger partial charge in [0.2, 0.25) is 0 Å². The highest BCUT2D eigenvalue weighted by molar-refractivity contribution is 7.92. The average molecular weight is 478 g/mol. The number of halogens is 3. The predicted octanol–water partition coefficient (Wildman–Crippen LogP) is 4.28. The third kappa shape index (κ3) is 6.11. The van der Waals surface area contributed by atoms with Crippen molar-refractivity contribution in [2.45, 2.75) is 24.1 Å². The minimum Gasteiger partial charge on any atom is -0.387 e. The number of nitrogens with one attached hydrogen (secondary N) is 2. The molecular formula is C23H21F3N2O4S. The summed E-state index contributed by atoms with van der Waals surface area (Å²) in [5.41, 5.74) is -0.0948. The Labute approximate surface area is 189 Å². The number of sulfonamides is 1. The molecule has 3 aromatic carbocycles. The van der Waals surface area contributed by atoms with Crippen LogP contribution in [0, 0.1) is 6.92 Å². The number of anilines is 1. The van der Waals surface area contributed by atoms with Crippen molar-refractivity contribution >= 4 is 21.6 Å². The number of rotatable bonds is 7. The van der Waals surface area contributed by atoms with Gasteiger partial charge in [-0.3, -0.25) is 9.52 Å². The van der Waals surface area contributed by atoms with Gasteiger partial charge in [-0.2, -0.15) is 13.2 Å². The molecule has 1 unspecified atom stereocenters. The SMILES string of the molecule is Cc1ccc(NS(=O)(=O)c2cccc(C(=O)NCC(O)c3ccccc3C(F)(F)F)c2)cc1. The quantitative estimate of drug-likeness (QED) is 0.473. The highest BCUT2D eigenvalue weighted by Gasteiger charge is 2.34. The highest BCUT2D eigenvalue weighted by atomic mass is 32.2. The first-order chi connectivity index (χ1) is 15.5. The van der Waals surface area contributed by atoms with E-state index in [1.807, 2.05) is 6.92 Å². The number of alkyl halides is 3. The molecule has 1 atom stereocenters. The Morgan fingerprint density at radius 3 is 2.33 bits per heavy atom. The topological polar surface area (TPSA) is 95.5 Å². The fourth-order valence-corrected chi connectivity index (χ4v) is 4.19. The number of aliphatic hydroxyl groups is 1. The second-order valence-corrected chi connectivity index (χ2v) is 8.99. The summed E-state index contributed by atoms with van der Waals surface area (Å²) in [7, 11) is -3.98. The van der Waals surface area contributed by atoms with E-state index in [0.29, 0.717) is 5.69 Å². The van der Waals surface area contributed by atoms with Crippen LogP contribution < -0.4 is 10.0 Å². The van der Waals surface area contributed by atoms with Crippen molar-refractivity contribution < 1.29 is 31.5 Å². The zero-order valence-corrected chi connectivity index (χ0v) is 18.2. The summed E-state index contributed by atoms with van der Waals surface area (Å²) < 4.78 is 67.2. The van der Waals surface area contributed by atoms with Gasteiger partial charge in [-0.15, -0.1) is 0 Å². The minimum atomic E-state index is -4.66. The zero-order chi connectivity index (χ0) is 24.2. The summed E-state index contributed by atoms with van der Waals surface area (Å²) >= 11 is 0. The van der Waals surface area contributed by atoms with Crippen molar-refractivity contribution in [3.8, 4) is 0 Å². The van der Waals surface area contributed by atoms with E-state index in [2.05, 4.69) is 10.0 Å². The second kappa shape index (κ2) is 9.63. The zero-order valence-electron chi connectivity index (χ0n) is 17.4. The van der Waals surface area contributed by atoms with Gasteiger partial charge in [-0.25, -0.2) is 8.42 Å². The first kappa shape index (κ1) is 24.3. The molecule has 0 bridgehead atoms. The van der Waals surface area contributed by atoms with Crippen LogP contribution in [0.25, 0.3) is 0 Å². The van der Waals surface area contributed by atoms with Gasteiger partial charge < -0.3 is 10.4 Å². The lowest BCUT2D eigenvalue weighted by Gasteiger charge is -2.18. The predicted molar refractivity (Wildman–Crippen MR) is 117 cm³/mol. The number of carbonyl (C=O) groups excluding carboxylic acids is 1. The minimum absolute atomic E-state index is 0.0295. The van der Waals surface area contributed by atoms with Crippen molar-refractivity contribution in [3.63, 3.8) is 0 Å². The number of benzene rings is 3. The number of aryl methyl sites for hydroxylation is 1. The first-order valence-electron chi connectivity index (χ1n) is 9.79. The largest absolute Gasteiger partial charge is 0.416 e. The lowest BCUT2D eigenvalue weighted by Crippen LogP contribution is -2.29. The number of amides is 1. The van der Waals surface area contributed by atoms with Gasteiger partial charge in [0.05, 0.1) is 16.6 Å². The van der Waals surface area contributed by atoms with Crippen LogP contribution in [0.4, 0.5) is 18.9 Å². The van der Waals surface area contributed by atoms with Gasteiger partial charge in [0.25, 0.3) is 15.9 Å². The molecule has 0 aliphatic heterocycles. The van der Waals surface area contributed by atoms with Crippen LogP contribution in [0.3, 0.4) is 0 Å². The van der Waals surface area contributed by atoms with E-state index in [1.54, 1.807) is 24.3 Å². The van der Waals surface area contributed by atoms with E-state index >= 15 is 0 Å². The highest BCUT2D eigenvalue weighted by Crippen LogP contribution is 2.34. The maximum atomic E-state index is 13.1. The molecule has 0 saturated heterocycles. The molecule has 0 aromatic heterocycles. The van der Waals surface area contributed by atoms with Gasteiger partial charge in [-0.1, -0.05) is 42.0 Å². The van der Waals surface area contributed by atoms with Gasteiger partial charge in [-0.05, 0) is 48.9 Å². The Hall–Kier alpha value is -3.37. The van der Waals surface area contributed by atoms with E-state index in [0.717, 1.165) is 23.8 Å². The fraction of sp³-hybridized carbons (Fsp3) is 0.174. The van der Waals surface area contributed by atoms with Gasteiger partial charge >= 0.3 is 6.18 Å². The molecule has 0 aliphatic carbocycles. The number of aliphatic hydroxyl groups excluding tert-OH is 1. The van der Waals surface area contributed by atoms with Crippen molar-refractivity contribution in [2.75, 3.05) is 11.3 Å². The molecule has 3 aromatic rings. The molecule has 0 radical (unpaired) electrons. The van der Waals surface area contributed by atoms with E-state index in [1.165, 1.54) is 30.3 Å². The van der Waals surface area contributed by atoms with E-state index in [-0.39, 0.29) is 16.0 Å². The Morgan fingerprint density at radius 1 is 1.00 bits per heavy atom. The average Bonchev–Trinajstić information content (AvgIpc) is 2.78. The molecular weight excluding hydrogens is 457 g/mol. The van der Waals surface area contributed by atoms with Crippen LogP contribution in [0.2, 0.25) is 0 Å². The molecule has 0 saturated carbocycles. The smallest absolute Gasteiger partial charge is 0.387 e.